The number of anilines is 2. The summed E-state index contributed by atoms with van der Waals surface area (Å²) in [6.07, 6.45) is 6.10. The number of nitrogens with two attached hydrogens (primary N) is 1. The molecule has 7 nitrogen and oxygen atoms in total. The average Bonchev–Trinajstić information content (AvgIpc) is 3.34. The van der Waals surface area contributed by atoms with Gasteiger partial charge in [0.1, 0.15) is 17.8 Å². The quantitative estimate of drug-likeness (QED) is 0.787. The van der Waals surface area contributed by atoms with E-state index in [-0.39, 0.29) is 0 Å². The van der Waals surface area contributed by atoms with E-state index in [2.05, 4.69) is 32.1 Å². The molecule has 1 atom stereocenters. The van der Waals surface area contributed by atoms with Crippen LogP contribution < -0.4 is 15.4 Å². The highest BCUT2D eigenvalue weighted by Gasteiger charge is 2.28. The highest BCUT2D eigenvalue weighted by atomic mass is 16.5. The summed E-state index contributed by atoms with van der Waals surface area (Å²) in [5, 5.41) is 4.21. The zero-order valence-electron chi connectivity index (χ0n) is 14.0. The van der Waals surface area contributed by atoms with E-state index in [1.807, 2.05) is 24.4 Å². The Balaban J connectivity index is 1.61. The lowest BCUT2D eigenvalue weighted by Crippen LogP contribution is -2.23. The van der Waals surface area contributed by atoms with Gasteiger partial charge in [-0.1, -0.05) is 18.2 Å². The van der Waals surface area contributed by atoms with E-state index < -0.39 is 0 Å². The molecule has 1 unspecified atom stereocenters. The van der Waals surface area contributed by atoms with Crippen LogP contribution in [-0.2, 0) is 0 Å². The highest BCUT2D eigenvalue weighted by molar-refractivity contribution is 5.70. The fraction of sp³-hybridized carbons (Fsp3) is 0.278. The van der Waals surface area contributed by atoms with Crippen LogP contribution >= 0.6 is 0 Å². The topological polar surface area (TPSA) is 82.1 Å². The van der Waals surface area contributed by atoms with Gasteiger partial charge in [0, 0.05) is 31.4 Å². The number of hydrogen-bond acceptors (Lipinski definition) is 6. The molecule has 1 aliphatic rings. The highest BCUT2D eigenvalue weighted by Crippen LogP contribution is 2.36. The van der Waals surface area contributed by atoms with E-state index in [0.29, 0.717) is 17.4 Å². The monoisotopic (exact) mass is 336 g/mol. The Bertz CT molecular complexity index is 864. The number of hydrogen-bond donors (Lipinski definition) is 1. The molecule has 0 bridgehead atoms. The van der Waals surface area contributed by atoms with Crippen LogP contribution in [0.25, 0.3) is 5.82 Å². The summed E-state index contributed by atoms with van der Waals surface area (Å²) in [5.41, 5.74) is 8.12. The predicted molar refractivity (Wildman–Crippen MR) is 96.1 cm³/mol. The van der Waals surface area contributed by atoms with Gasteiger partial charge in [-0.05, 0) is 24.1 Å². The second-order valence-corrected chi connectivity index (χ2v) is 6.06. The average molecular weight is 336 g/mol. The van der Waals surface area contributed by atoms with Crippen LogP contribution in [0.15, 0.2) is 49.1 Å². The third-order valence-corrected chi connectivity index (χ3v) is 4.63. The van der Waals surface area contributed by atoms with Gasteiger partial charge in [-0.2, -0.15) is 5.10 Å². The van der Waals surface area contributed by atoms with Crippen molar-refractivity contribution in [2.45, 2.75) is 12.3 Å². The molecule has 0 aliphatic carbocycles. The Labute approximate surface area is 146 Å². The van der Waals surface area contributed by atoms with Crippen LogP contribution in [0, 0.1) is 0 Å². The van der Waals surface area contributed by atoms with Crippen molar-refractivity contribution in [1.29, 1.82) is 0 Å². The lowest BCUT2D eigenvalue weighted by Gasteiger charge is -2.20. The second-order valence-electron chi connectivity index (χ2n) is 6.06. The SMILES string of the molecule is COc1ccccc1C1CCN(c2ncnc(-n3cccn3)c2N)C1. The largest absolute Gasteiger partial charge is 0.496 e. The summed E-state index contributed by atoms with van der Waals surface area (Å²) in [6, 6.07) is 10.0. The number of rotatable bonds is 4. The lowest BCUT2D eigenvalue weighted by molar-refractivity contribution is 0.406. The predicted octanol–water partition coefficient (Wildman–Crippen LogP) is 2.25. The van der Waals surface area contributed by atoms with Gasteiger partial charge in [0.25, 0.3) is 0 Å². The van der Waals surface area contributed by atoms with Crippen molar-refractivity contribution >= 4 is 11.5 Å². The molecule has 0 spiro atoms. The first kappa shape index (κ1) is 15.4. The Hall–Kier alpha value is -3.09. The van der Waals surface area contributed by atoms with E-state index in [4.69, 9.17) is 10.5 Å². The van der Waals surface area contributed by atoms with E-state index >= 15 is 0 Å². The number of methoxy groups -OCH3 is 1. The van der Waals surface area contributed by atoms with E-state index in [9.17, 15) is 0 Å². The van der Waals surface area contributed by atoms with Gasteiger partial charge < -0.3 is 15.4 Å². The molecule has 3 heterocycles. The molecular weight excluding hydrogens is 316 g/mol. The molecule has 1 aliphatic heterocycles. The fourth-order valence-electron chi connectivity index (χ4n) is 3.42. The maximum atomic E-state index is 6.34. The Morgan fingerprint density at radius 3 is 2.80 bits per heavy atom. The molecule has 1 aromatic carbocycles. The van der Waals surface area contributed by atoms with Gasteiger partial charge in [0.2, 0.25) is 0 Å². The van der Waals surface area contributed by atoms with Crippen LogP contribution in [0.1, 0.15) is 17.9 Å². The summed E-state index contributed by atoms with van der Waals surface area (Å²) in [7, 11) is 1.71. The van der Waals surface area contributed by atoms with Gasteiger partial charge in [-0.25, -0.2) is 14.6 Å². The molecule has 2 N–H and O–H groups in total. The first-order valence-corrected chi connectivity index (χ1v) is 8.26. The van der Waals surface area contributed by atoms with Crippen molar-refractivity contribution < 1.29 is 4.74 Å². The summed E-state index contributed by atoms with van der Waals surface area (Å²) >= 11 is 0. The lowest BCUT2D eigenvalue weighted by atomic mass is 9.97. The Morgan fingerprint density at radius 2 is 2.00 bits per heavy atom. The molecule has 3 aromatic rings. The molecule has 1 saturated heterocycles. The molecule has 1 fully saturated rings. The summed E-state index contributed by atoms with van der Waals surface area (Å²) in [4.78, 5) is 10.9. The van der Waals surface area contributed by atoms with E-state index in [1.54, 1.807) is 24.3 Å². The zero-order valence-corrected chi connectivity index (χ0v) is 14.0. The van der Waals surface area contributed by atoms with Gasteiger partial charge in [-0.3, -0.25) is 0 Å². The maximum absolute atomic E-state index is 6.34. The number of para-hydroxylation sites is 1. The van der Waals surface area contributed by atoms with Crippen LogP contribution in [-0.4, -0.2) is 39.9 Å². The molecule has 0 saturated carbocycles. The third kappa shape index (κ3) is 2.77. The molecule has 0 amide bonds. The van der Waals surface area contributed by atoms with Gasteiger partial charge in [0.05, 0.1) is 7.11 Å². The molecule has 128 valence electrons. The molecule has 25 heavy (non-hydrogen) atoms. The Morgan fingerprint density at radius 1 is 1.16 bits per heavy atom. The molecular formula is C18H20N6O. The number of ether oxygens (including phenoxy) is 1. The van der Waals surface area contributed by atoms with E-state index in [1.165, 1.54) is 5.56 Å². The third-order valence-electron chi connectivity index (χ3n) is 4.63. The first-order chi connectivity index (χ1) is 12.3. The molecule has 4 rings (SSSR count). The number of aromatic nitrogens is 4. The number of nitrogens with zero attached hydrogens (tertiary/aromatic N) is 5. The van der Waals surface area contributed by atoms with Crippen LogP contribution in [0.3, 0.4) is 0 Å². The summed E-state index contributed by atoms with van der Waals surface area (Å²) in [5.74, 6) is 2.69. The van der Waals surface area contributed by atoms with Crippen molar-refractivity contribution in [3.63, 3.8) is 0 Å². The van der Waals surface area contributed by atoms with Crippen molar-refractivity contribution in [1.82, 2.24) is 19.7 Å². The Kier molecular flexibility index (Phi) is 3.97. The molecule has 0 radical (unpaired) electrons. The van der Waals surface area contributed by atoms with Crippen molar-refractivity contribution in [2.75, 3.05) is 30.8 Å². The first-order valence-electron chi connectivity index (χ1n) is 8.26. The number of benzene rings is 1. The smallest absolute Gasteiger partial charge is 0.181 e. The minimum Gasteiger partial charge on any atom is -0.496 e. The van der Waals surface area contributed by atoms with Crippen molar-refractivity contribution in [3.8, 4) is 11.6 Å². The van der Waals surface area contributed by atoms with Crippen molar-refractivity contribution in [2.24, 2.45) is 0 Å². The van der Waals surface area contributed by atoms with E-state index in [0.717, 1.165) is 31.1 Å². The minimum atomic E-state index is 0.388. The van der Waals surface area contributed by atoms with Gasteiger partial charge in [0.15, 0.2) is 11.6 Å². The van der Waals surface area contributed by atoms with Gasteiger partial charge >= 0.3 is 0 Å². The molecule has 2 aromatic heterocycles. The summed E-state index contributed by atoms with van der Waals surface area (Å²) < 4.78 is 7.17. The van der Waals surface area contributed by atoms with Gasteiger partial charge in [-0.15, -0.1) is 0 Å². The van der Waals surface area contributed by atoms with Crippen LogP contribution in [0.5, 0.6) is 5.75 Å². The standard InChI is InChI=1S/C18H20N6O/c1-25-15-6-3-2-5-14(15)13-7-10-23(11-13)17-16(19)18(21-12-20-17)24-9-4-8-22-24/h2-6,8-9,12-13H,7,10-11,19H2,1H3. The normalized spacial score (nSPS) is 17.0. The molecule has 7 heteroatoms. The minimum absolute atomic E-state index is 0.388. The second kappa shape index (κ2) is 6.43. The summed E-state index contributed by atoms with van der Waals surface area (Å²) in [6.45, 7) is 1.74. The fourth-order valence-corrected chi connectivity index (χ4v) is 3.42. The number of nitrogen functional groups attached to an aromatic ring is 1. The van der Waals surface area contributed by atoms with Crippen molar-refractivity contribution in [3.05, 3.63) is 54.6 Å². The van der Waals surface area contributed by atoms with Crippen LogP contribution in [0.2, 0.25) is 0 Å². The zero-order chi connectivity index (χ0) is 17.2. The van der Waals surface area contributed by atoms with Crippen LogP contribution in [0.4, 0.5) is 11.5 Å². The maximum Gasteiger partial charge on any atom is 0.181 e.